The van der Waals surface area contributed by atoms with Gasteiger partial charge in [-0.1, -0.05) is 36.4 Å². The lowest BCUT2D eigenvalue weighted by atomic mass is 9.98. The maximum Gasteiger partial charge on any atom is 0.133 e. The molecule has 0 bridgehead atoms. The topological polar surface area (TPSA) is 9.23 Å². The van der Waals surface area contributed by atoms with Crippen LogP contribution in [0, 0.1) is 10.5 Å². The summed E-state index contributed by atoms with van der Waals surface area (Å²) in [6.07, 6.45) is 0. The summed E-state index contributed by atoms with van der Waals surface area (Å²) in [5, 5.41) is 0. The largest absolute Gasteiger partial charge is 0.482 e. The molecule has 2 aromatic carbocycles. The van der Waals surface area contributed by atoms with E-state index in [0.29, 0.717) is 0 Å². The van der Waals surface area contributed by atoms with Crippen molar-refractivity contribution in [2.24, 2.45) is 0 Å². The van der Waals surface area contributed by atoms with Gasteiger partial charge in [-0.2, -0.15) is 0 Å². The Morgan fingerprint density at radius 1 is 1.00 bits per heavy atom. The molecule has 2 heteroatoms. The second-order valence-electron chi connectivity index (χ2n) is 4.91. The molecule has 0 heterocycles. The summed E-state index contributed by atoms with van der Waals surface area (Å²) in [5.41, 5.74) is 2.11. The number of hydrogen-bond acceptors (Lipinski definition) is 1. The average molecular weight is 352 g/mol. The molecule has 1 nitrogen and oxygen atoms in total. The van der Waals surface area contributed by atoms with Crippen LogP contribution < -0.4 is 4.74 Å². The summed E-state index contributed by atoms with van der Waals surface area (Å²) in [5.74, 6) is 0.940. The van der Waals surface area contributed by atoms with Gasteiger partial charge in [0.1, 0.15) is 11.4 Å². The van der Waals surface area contributed by atoms with E-state index in [4.69, 9.17) is 4.74 Å². The first-order valence-electron chi connectivity index (χ1n) is 6.00. The Labute approximate surface area is 122 Å². The van der Waals surface area contributed by atoms with Crippen molar-refractivity contribution < 1.29 is 4.74 Å². The lowest BCUT2D eigenvalue weighted by molar-refractivity contribution is 0.107. The fourth-order valence-corrected chi connectivity index (χ4v) is 2.64. The van der Waals surface area contributed by atoms with Gasteiger partial charge in [0.2, 0.25) is 0 Å². The predicted molar refractivity (Wildman–Crippen MR) is 84.0 cm³/mol. The quantitative estimate of drug-likeness (QED) is 0.713. The minimum Gasteiger partial charge on any atom is -0.482 e. The third-order valence-electron chi connectivity index (χ3n) is 2.92. The molecule has 0 fully saturated rings. The first-order valence-corrected chi connectivity index (χ1v) is 7.07. The third-order valence-corrected chi connectivity index (χ3v) is 3.76. The van der Waals surface area contributed by atoms with E-state index in [1.807, 2.05) is 24.3 Å². The molecule has 0 saturated heterocycles. The summed E-state index contributed by atoms with van der Waals surface area (Å²) < 4.78 is 7.32. The molecule has 0 atom stereocenters. The van der Waals surface area contributed by atoms with Gasteiger partial charge in [-0.15, -0.1) is 0 Å². The van der Waals surface area contributed by atoms with Crippen LogP contribution in [0.3, 0.4) is 0 Å². The maximum absolute atomic E-state index is 6.17. The lowest BCUT2D eigenvalue weighted by Crippen LogP contribution is -2.25. The Morgan fingerprint density at radius 2 is 1.67 bits per heavy atom. The molecule has 0 unspecified atom stereocenters. The minimum absolute atomic E-state index is 0.323. The van der Waals surface area contributed by atoms with Crippen LogP contribution in [-0.4, -0.2) is 0 Å². The number of halogens is 1. The molecule has 0 spiro atoms. The zero-order valence-electron chi connectivity index (χ0n) is 10.9. The van der Waals surface area contributed by atoms with E-state index in [0.717, 1.165) is 9.32 Å². The Hall–Kier alpha value is -1.03. The molecular weight excluding hydrogens is 335 g/mol. The monoisotopic (exact) mass is 352 g/mol. The zero-order valence-corrected chi connectivity index (χ0v) is 13.1. The van der Waals surface area contributed by atoms with Gasteiger partial charge in [0.15, 0.2) is 0 Å². The predicted octanol–water partition coefficient (Wildman–Crippen LogP) is 4.91. The molecule has 0 N–H and O–H groups in total. The van der Waals surface area contributed by atoms with E-state index >= 15 is 0 Å². The summed E-state index contributed by atoms with van der Waals surface area (Å²) in [6.45, 7) is 6.28. The number of benzene rings is 2. The van der Waals surface area contributed by atoms with E-state index in [1.165, 1.54) is 11.1 Å². The number of ether oxygens (including phenoxy) is 1. The fourth-order valence-electron chi connectivity index (χ4n) is 1.86. The Morgan fingerprint density at radius 3 is 2.28 bits per heavy atom. The van der Waals surface area contributed by atoms with Gasteiger partial charge in [-0.25, -0.2) is 0 Å². The Balaban J connectivity index is 2.28. The van der Waals surface area contributed by atoms with Gasteiger partial charge in [-0.3, -0.25) is 0 Å². The van der Waals surface area contributed by atoms with Crippen molar-refractivity contribution >= 4 is 22.6 Å². The molecule has 0 saturated carbocycles. The average Bonchev–Trinajstić information content (AvgIpc) is 2.34. The first kappa shape index (κ1) is 13.4. The number of hydrogen-bond donors (Lipinski definition) is 0. The minimum atomic E-state index is -0.323. The zero-order chi connectivity index (χ0) is 13.2. The number of rotatable bonds is 3. The molecule has 0 aromatic heterocycles. The van der Waals surface area contributed by atoms with Gasteiger partial charge < -0.3 is 4.74 Å². The van der Waals surface area contributed by atoms with Crippen molar-refractivity contribution in [3.8, 4) is 5.75 Å². The van der Waals surface area contributed by atoms with Gasteiger partial charge in [0, 0.05) is 0 Å². The summed E-state index contributed by atoms with van der Waals surface area (Å²) >= 11 is 2.32. The molecular formula is C16H17IO. The van der Waals surface area contributed by atoms with E-state index in [9.17, 15) is 0 Å². The normalized spacial score (nSPS) is 11.3. The van der Waals surface area contributed by atoms with Crippen LogP contribution >= 0.6 is 22.6 Å². The fraction of sp³-hybridized carbons (Fsp3) is 0.250. The molecule has 2 rings (SSSR count). The van der Waals surface area contributed by atoms with Crippen LogP contribution in [0.25, 0.3) is 0 Å². The first-order chi connectivity index (χ1) is 8.49. The molecule has 2 aromatic rings. The third kappa shape index (κ3) is 3.05. The summed E-state index contributed by atoms with van der Waals surface area (Å²) in [6, 6.07) is 16.6. The standard InChI is InChI=1S/C16H17IO/c1-12-9-10-15(14(17)11-12)18-16(2,3)13-7-5-4-6-8-13/h4-11H,1-3H3. The molecule has 0 radical (unpaired) electrons. The Bertz CT molecular complexity index is 532. The van der Waals surface area contributed by atoms with Gasteiger partial charge in [0.25, 0.3) is 0 Å². The molecule has 94 valence electrons. The van der Waals surface area contributed by atoms with Crippen molar-refractivity contribution in [2.45, 2.75) is 26.4 Å². The number of aryl methyl sites for hydroxylation is 1. The molecule has 0 aliphatic rings. The molecule has 0 aliphatic heterocycles. The molecule has 0 amide bonds. The highest BCUT2D eigenvalue weighted by Gasteiger charge is 2.23. The highest BCUT2D eigenvalue weighted by Crippen LogP contribution is 2.31. The second kappa shape index (κ2) is 5.31. The van der Waals surface area contributed by atoms with E-state index in [1.54, 1.807) is 0 Å². The smallest absolute Gasteiger partial charge is 0.133 e. The van der Waals surface area contributed by atoms with Gasteiger partial charge >= 0.3 is 0 Å². The highest BCUT2D eigenvalue weighted by molar-refractivity contribution is 14.1. The second-order valence-corrected chi connectivity index (χ2v) is 6.07. The highest BCUT2D eigenvalue weighted by atomic mass is 127. The van der Waals surface area contributed by atoms with Crippen LogP contribution in [-0.2, 0) is 5.60 Å². The van der Waals surface area contributed by atoms with Crippen molar-refractivity contribution in [3.05, 3.63) is 63.2 Å². The van der Waals surface area contributed by atoms with Crippen molar-refractivity contribution in [3.63, 3.8) is 0 Å². The van der Waals surface area contributed by atoms with Gasteiger partial charge in [0.05, 0.1) is 3.57 Å². The SMILES string of the molecule is Cc1ccc(OC(C)(C)c2ccccc2)c(I)c1. The van der Waals surface area contributed by atoms with Crippen LogP contribution in [0.1, 0.15) is 25.0 Å². The van der Waals surface area contributed by atoms with E-state index in [2.05, 4.69) is 67.6 Å². The van der Waals surface area contributed by atoms with Gasteiger partial charge in [-0.05, 0) is 66.6 Å². The van der Waals surface area contributed by atoms with E-state index in [-0.39, 0.29) is 5.60 Å². The molecule has 18 heavy (non-hydrogen) atoms. The van der Waals surface area contributed by atoms with Crippen molar-refractivity contribution in [1.29, 1.82) is 0 Å². The molecule has 0 aliphatic carbocycles. The maximum atomic E-state index is 6.17. The summed E-state index contributed by atoms with van der Waals surface area (Å²) in [4.78, 5) is 0. The van der Waals surface area contributed by atoms with Crippen molar-refractivity contribution in [2.75, 3.05) is 0 Å². The van der Waals surface area contributed by atoms with Crippen LogP contribution in [0.4, 0.5) is 0 Å². The van der Waals surface area contributed by atoms with Crippen LogP contribution in [0.15, 0.2) is 48.5 Å². The van der Waals surface area contributed by atoms with Crippen LogP contribution in [0.5, 0.6) is 5.75 Å². The lowest BCUT2D eigenvalue weighted by Gasteiger charge is -2.27. The Kier molecular flexibility index (Phi) is 3.95. The van der Waals surface area contributed by atoms with Crippen LogP contribution in [0.2, 0.25) is 0 Å². The van der Waals surface area contributed by atoms with E-state index < -0.39 is 0 Å². The van der Waals surface area contributed by atoms with Crippen molar-refractivity contribution in [1.82, 2.24) is 0 Å². The summed E-state index contributed by atoms with van der Waals surface area (Å²) in [7, 11) is 0.